The normalized spacial score (nSPS) is 18.4. The first kappa shape index (κ1) is 77.7. The number of carbonyl (C=O) groups is 1. The fourth-order valence-corrected chi connectivity index (χ4v) is 11.9. The maximum Gasteiger partial charge on any atom is 0.220 e. The highest BCUT2D eigenvalue weighted by Gasteiger charge is 2.44. The fourth-order valence-electron chi connectivity index (χ4n) is 11.9. The molecule has 1 rings (SSSR count). The molecule has 1 heterocycles. The van der Waals surface area contributed by atoms with Crippen LogP contribution in [0.2, 0.25) is 0 Å². The summed E-state index contributed by atoms with van der Waals surface area (Å²) in [6, 6.07) is -0.820. The third-order valence-electron chi connectivity index (χ3n) is 17.5. The summed E-state index contributed by atoms with van der Waals surface area (Å²) in [6.07, 6.45) is 74.5. The lowest BCUT2D eigenvalue weighted by Crippen LogP contribution is -2.60. The summed E-state index contributed by atoms with van der Waals surface area (Å²) in [5, 5.41) is 54.7. The number of hydrogen-bond donors (Lipinski definition) is 6. The molecule has 0 aromatic carbocycles. The Labute approximate surface area is 502 Å². The molecule has 9 nitrogen and oxygen atoms in total. The van der Waals surface area contributed by atoms with Crippen molar-refractivity contribution in [3.8, 4) is 0 Å². The molecule has 0 radical (unpaired) electrons. The maximum absolute atomic E-state index is 13.1. The number of ether oxygens (including phenoxy) is 2. The SMILES string of the molecule is CCCCCCCCCCCCCCCCCCC/C=C/CC/C=C/C(O)C(COC1OC(CO)C(O)C(O)C1O)NC(=O)CCCCCCCCCCCCCCCCCCCCCCCCCCCCCCCCCCCCC. The topological polar surface area (TPSA) is 149 Å². The number of nitrogens with one attached hydrogen (secondary N) is 1. The van der Waals surface area contributed by atoms with Gasteiger partial charge in [0, 0.05) is 6.42 Å². The van der Waals surface area contributed by atoms with Gasteiger partial charge >= 0.3 is 0 Å². The maximum atomic E-state index is 13.1. The van der Waals surface area contributed by atoms with Gasteiger partial charge in [-0.05, 0) is 32.1 Å². The molecular formula is C72H139NO8. The van der Waals surface area contributed by atoms with E-state index in [-0.39, 0.29) is 12.5 Å². The van der Waals surface area contributed by atoms with Crippen LogP contribution in [0.4, 0.5) is 0 Å². The van der Waals surface area contributed by atoms with Crippen molar-refractivity contribution in [2.75, 3.05) is 13.2 Å². The molecule has 0 spiro atoms. The minimum absolute atomic E-state index is 0.178. The van der Waals surface area contributed by atoms with E-state index in [0.717, 1.165) is 38.5 Å². The molecule has 1 aliphatic heterocycles. The lowest BCUT2D eigenvalue weighted by Gasteiger charge is -2.40. The van der Waals surface area contributed by atoms with Crippen molar-refractivity contribution in [1.82, 2.24) is 5.32 Å². The highest BCUT2D eigenvalue weighted by molar-refractivity contribution is 5.76. The average Bonchev–Trinajstić information content (AvgIpc) is 3.47. The van der Waals surface area contributed by atoms with Crippen LogP contribution in [0, 0.1) is 0 Å². The van der Waals surface area contributed by atoms with Gasteiger partial charge in [0.25, 0.3) is 0 Å². The van der Waals surface area contributed by atoms with E-state index in [0.29, 0.717) is 6.42 Å². The molecule has 0 aromatic rings. The number of carbonyl (C=O) groups excluding carboxylic acids is 1. The molecule has 0 aromatic heterocycles. The van der Waals surface area contributed by atoms with Crippen molar-refractivity contribution >= 4 is 5.91 Å². The van der Waals surface area contributed by atoms with E-state index in [1.807, 2.05) is 6.08 Å². The first-order valence-electron chi connectivity index (χ1n) is 36.1. The monoisotopic (exact) mass is 1150 g/mol. The van der Waals surface area contributed by atoms with Crippen LogP contribution < -0.4 is 5.32 Å². The van der Waals surface area contributed by atoms with Crippen molar-refractivity contribution in [2.24, 2.45) is 0 Å². The van der Waals surface area contributed by atoms with Gasteiger partial charge in [-0.1, -0.05) is 359 Å². The van der Waals surface area contributed by atoms with Gasteiger partial charge in [0.15, 0.2) is 6.29 Å². The van der Waals surface area contributed by atoms with Crippen molar-refractivity contribution in [3.05, 3.63) is 24.3 Å². The van der Waals surface area contributed by atoms with Crippen LogP contribution >= 0.6 is 0 Å². The zero-order chi connectivity index (χ0) is 58.6. The van der Waals surface area contributed by atoms with Crippen LogP contribution in [0.1, 0.15) is 373 Å². The Morgan fingerprint density at radius 1 is 0.407 bits per heavy atom. The summed E-state index contributed by atoms with van der Waals surface area (Å²) in [5.74, 6) is -0.178. The van der Waals surface area contributed by atoms with Crippen LogP contribution in [0.3, 0.4) is 0 Å². The molecular weight excluding hydrogens is 1010 g/mol. The van der Waals surface area contributed by atoms with Crippen LogP contribution in [0.25, 0.3) is 0 Å². The van der Waals surface area contributed by atoms with Crippen molar-refractivity contribution < 1.29 is 39.8 Å². The van der Waals surface area contributed by atoms with Crippen molar-refractivity contribution in [2.45, 2.75) is 416 Å². The number of unbranched alkanes of at least 4 members (excludes halogenated alkanes) is 52. The molecule has 1 amide bonds. The van der Waals surface area contributed by atoms with Crippen LogP contribution in [0.15, 0.2) is 24.3 Å². The summed E-state index contributed by atoms with van der Waals surface area (Å²) in [6.45, 7) is 3.83. The van der Waals surface area contributed by atoms with Gasteiger partial charge in [-0.25, -0.2) is 0 Å². The molecule has 480 valence electrons. The van der Waals surface area contributed by atoms with Gasteiger partial charge in [-0.3, -0.25) is 4.79 Å². The molecule has 0 bridgehead atoms. The van der Waals surface area contributed by atoms with Gasteiger partial charge in [-0.2, -0.15) is 0 Å². The molecule has 7 atom stereocenters. The second-order valence-corrected chi connectivity index (χ2v) is 25.4. The molecule has 6 N–H and O–H groups in total. The Bertz CT molecular complexity index is 1330. The smallest absolute Gasteiger partial charge is 0.220 e. The Balaban J connectivity index is 2.09. The minimum atomic E-state index is -1.57. The molecule has 7 unspecified atom stereocenters. The van der Waals surface area contributed by atoms with Gasteiger partial charge in [0.2, 0.25) is 5.91 Å². The van der Waals surface area contributed by atoms with E-state index in [4.69, 9.17) is 9.47 Å². The van der Waals surface area contributed by atoms with E-state index in [9.17, 15) is 30.3 Å². The van der Waals surface area contributed by atoms with E-state index < -0.39 is 49.5 Å². The van der Waals surface area contributed by atoms with Crippen molar-refractivity contribution in [1.29, 1.82) is 0 Å². The number of aliphatic hydroxyl groups is 5. The predicted molar refractivity (Wildman–Crippen MR) is 346 cm³/mol. The second kappa shape index (κ2) is 61.7. The number of amides is 1. The van der Waals surface area contributed by atoms with Gasteiger partial charge in [-0.15, -0.1) is 0 Å². The fraction of sp³-hybridized carbons (Fsp3) is 0.931. The molecule has 81 heavy (non-hydrogen) atoms. The molecule has 1 aliphatic rings. The summed E-state index contributed by atoms with van der Waals surface area (Å²) in [7, 11) is 0. The number of rotatable bonds is 64. The third kappa shape index (κ3) is 50.5. The largest absolute Gasteiger partial charge is 0.394 e. The minimum Gasteiger partial charge on any atom is -0.394 e. The summed E-state index contributed by atoms with van der Waals surface area (Å²) >= 11 is 0. The Morgan fingerprint density at radius 3 is 1.04 bits per heavy atom. The highest BCUT2D eigenvalue weighted by atomic mass is 16.7. The van der Waals surface area contributed by atoms with E-state index >= 15 is 0 Å². The lowest BCUT2D eigenvalue weighted by atomic mass is 9.99. The quantitative estimate of drug-likeness (QED) is 0.0261. The standard InChI is InChI=1S/C72H139NO8/c1-3-5-7-9-11-13-15-17-19-21-23-25-27-28-29-30-31-32-33-34-35-36-37-38-40-42-44-46-48-50-52-54-56-58-60-62-68(76)73-65(64-80-72-71(79)70(78)69(77)67(63-74)81-72)66(75)61-59-57-55-53-51-49-47-45-43-41-39-26-24-22-20-18-16-14-12-10-8-6-4-2/h51,53,59,61,65-67,69-72,74-75,77-79H,3-50,52,54-58,60,62-64H2,1-2H3,(H,73,76)/b53-51+,61-59+. The molecule has 1 fully saturated rings. The Kier molecular flexibility index (Phi) is 59.2. The molecule has 0 aliphatic carbocycles. The van der Waals surface area contributed by atoms with E-state index in [1.165, 1.54) is 315 Å². The van der Waals surface area contributed by atoms with Gasteiger partial charge in [0.05, 0.1) is 25.4 Å². The van der Waals surface area contributed by atoms with E-state index in [1.54, 1.807) is 6.08 Å². The van der Waals surface area contributed by atoms with Gasteiger partial charge < -0.3 is 40.3 Å². The Morgan fingerprint density at radius 2 is 0.704 bits per heavy atom. The van der Waals surface area contributed by atoms with Crippen LogP contribution in [0.5, 0.6) is 0 Å². The summed E-state index contributed by atoms with van der Waals surface area (Å²) in [5.41, 5.74) is 0. The highest BCUT2D eigenvalue weighted by Crippen LogP contribution is 2.24. The molecule has 0 saturated carbocycles. The zero-order valence-electron chi connectivity index (χ0n) is 53.8. The second-order valence-electron chi connectivity index (χ2n) is 25.4. The Hall–Kier alpha value is -1.33. The first-order valence-corrected chi connectivity index (χ1v) is 36.1. The lowest BCUT2D eigenvalue weighted by molar-refractivity contribution is -0.302. The number of hydrogen-bond acceptors (Lipinski definition) is 8. The van der Waals surface area contributed by atoms with Crippen LogP contribution in [-0.4, -0.2) is 87.5 Å². The molecule has 1 saturated heterocycles. The van der Waals surface area contributed by atoms with Crippen LogP contribution in [-0.2, 0) is 14.3 Å². The van der Waals surface area contributed by atoms with Gasteiger partial charge in [0.1, 0.15) is 24.4 Å². The number of aliphatic hydroxyl groups excluding tert-OH is 5. The zero-order valence-corrected chi connectivity index (χ0v) is 53.8. The third-order valence-corrected chi connectivity index (χ3v) is 17.5. The molecule has 9 heteroatoms. The first-order chi connectivity index (χ1) is 39.8. The average molecular weight is 1150 g/mol. The predicted octanol–water partition coefficient (Wildman–Crippen LogP) is 19.6. The number of allylic oxidation sites excluding steroid dienone is 3. The summed E-state index contributed by atoms with van der Waals surface area (Å²) < 4.78 is 11.3. The van der Waals surface area contributed by atoms with E-state index in [2.05, 4.69) is 31.3 Å². The summed E-state index contributed by atoms with van der Waals surface area (Å²) in [4.78, 5) is 13.1. The van der Waals surface area contributed by atoms with Crippen molar-refractivity contribution in [3.63, 3.8) is 0 Å².